The normalized spacial score (nSPS) is 9.88. The van der Waals surface area contributed by atoms with Crippen molar-refractivity contribution in [2.45, 2.75) is 16.3 Å². The average Bonchev–Trinajstić information content (AvgIpc) is 1.61. The topological polar surface area (TPSA) is 37.3 Å². The molecule has 8 heavy (non-hydrogen) atoms. The van der Waals surface area contributed by atoms with E-state index >= 15 is 0 Å². The Bertz CT molecular complexity index is 82.1. The van der Waals surface area contributed by atoms with Gasteiger partial charge in [0.2, 0.25) is 0 Å². The fourth-order valence-electron chi connectivity index (χ4n) is 0.290. The molecule has 0 bridgehead atoms. The minimum atomic E-state index is -0.676. The van der Waals surface area contributed by atoms with Gasteiger partial charge in [0.15, 0.2) is 0 Å². The number of carboxylic acid groups (broad SMARTS) is 1. The van der Waals surface area contributed by atoms with E-state index in [9.17, 15) is 4.79 Å². The van der Waals surface area contributed by atoms with Crippen molar-refractivity contribution >= 4 is 39.7 Å². The van der Waals surface area contributed by atoms with Crippen LogP contribution >= 0.6 is 0 Å². The fraction of sp³-hybridized carbons (Fsp3) is 0.750. The molecule has 0 aromatic rings. The first kappa shape index (κ1) is 8.59. The van der Waals surface area contributed by atoms with Gasteiger partial charge in [0.1, 0.15) is 0 Å². The van der Waals surface area contributed by atoms with Crippen LogP contribution in [-0.4, -0.2) is 44.8 Å². The van der Waals surface area contributed by atoms with Crippen LogP contribution in [0.3, 0.4) is 0 Å². The Kier molecular flexibility index (Phi) is 4.79. The van der Waals surface area contributed by atoms with Gasteiger partial charge in [-0.25, -0.2) is 0 Å². The summed E-state index contributed by atoms with van der Waals surface area (Å²) in [5, 5.41) is 8.18. The molecule has 0 saturated carbocycles. The summed E-state index contributed by atoms with van der Waals surface area (Å²) in [6, 6.07) is 0. The molecule has 4 heteroatoms. The zero-order chi connectivity index (χ0) is 6.57. The van der Waals surface area contributed by atoms with Gasteiger partial charge in [-0.05, 0) is 0 Å². The summed E-state index contributed by atoms with van der Waals surface area (Å²) in [4.78, 5) is 9.92. The summed E-state index contributed by atoms with van der Waals surface area (Å²) >= 11 is 3.27. The predicted octanol–water partition coefficient (Wildman–Crippen LogP) is -1.14. The van der Waals surface area contributed by atoms with Crippen molar-refractivity contribution in [1.29, 1.82) is 0 Å². The van der Waals surface area contributed by atoms with Crippen LogP contribution in [-0.2, 0) is 4.79 Å². The Morgan fingerprint density at radius 3 is 2.25 bits per heavy atom. The zero-order valence-corrected chi connectivity index (χ0v) is 9.35. The maximum atomic E-state index is 9.92. The van der Waals surface area contributed by atoms with Crippen molar-refractivity contribution in [3.05, 3.63) is 0 Å². The van der Waals surface area contributed by atoms with Crippen molar-refractivity contribution in [3.63, 3.8) is 0 Å². The van der Waals surface area contributed by atoms with E-state index in [-0.39, 0.29) is 0 Å². The molecule has 0 fully saturated rings. The molecule has 2 unspecified atom stereocenters. The Labute approximate surface area is 66.0 Å². The van der Waals surface area contributed by atoms with Crippen molar-refractivity contribution in [3.8, 4) is 0 Å². The van der Waals surface area contributed by atoms with Crippen LogP contribution in [0.1, 0.15) is 12.8 Å². The van der Waals surface area contributed by atoms with Crippen LogP contribution in [0.25, 0.3) is 0 Å². The van der Waals surface area contributed by atoms with Gasteiger partial charge in [-0.2, -0.15) is 0 Å². The monoisotopic (exact) mass is 240 g/mol. The molecule has 0 aliphatic heterocycles. The molecule has 0 aromatic heterocycles. The Morgan fingerprint density at radius 1 is 1.62 bits per heavy atom. The second-order valence-electron chi connectivity index (χ2n) is 1.60. The molecule has 0 radical (unpaired) electrons. The van der Waals surface area contributed by atoms with Crippen LogP contribution in [0.15, 0.2) is 0 Å². The van der Waals surface area contributed by atoms with Gasteiger partial charge in [0.05, 0.1) is 0 Å². The number of carbonyl (C=O) groups is 1. The van der Waals surface area contributed by atoms with Gasteiger partial charge in [0.25, 0.3) is 0 Å². The Morgan fingerprint density at radius 2 is 2.12 bits per heavy atom. The van der Waals surface area contributed by atoms with Crippen LogP contribution < -0.4 is 0 Å². The molecule has 0 aliphatic carbocycles. The molecule has 0 aliphatic rings. The summed E-state index contributed by atoms with van der Waals surface area (Å²) in [7, 11) is 0. The number of hydrogen-bond donors (Lipinski definition) is 1. The third kappa shape index (κ3) is 6.59. The molecule has 2 nitrogen and oxygen atoms in total. The molecular weight excluding hydrogens is 230 g/mol. The van der Waals surface area contributed by atoms with Gasteiger partial charge in [0, 0.05) is 0 Å². The van der Waals surface area contributed by atoms with E-state index in [4.69, 9.17) is 5.11 Å². The van der Waals surface area contributed by atoms with Gasteiger partial charge in [-0.15, -0.1) is 0 Å². The van der Waals surface area contributed by atoms with Crippen LogP contribution in [0.4, 0.5) is 0 Å². The molecule has 0 amide bonds. The third-order valence-electron chi connectivity index (χ3n) is 0.692. The quantitative estimate of drug-likeness (QED) is 0.633. The molecule has 1 N–H and O–H groups in total. The summed E-state index contributed by atoms with van der Waals surface area (Å²) in [5.74, 6) is -0.676. The molecular formula is C4H10As2O2. The van der Waals surface area contributed by atoms with Crippen molar-refractivity contribution in [1.82, 2.24) is 0 Å². The first-order valence-electron chi connectivity index (χ1n) is 2.36. The Hall–Kier alpha value is 0.587. The minimum absolute atomic E-state index is 0.334. The molecule has 0 rings (SSSR count). The molecule has 0 saturated heterocycles. The van der Waals surface area contributed by atoms with Gasteiger partial charge >= 0.3 is 65.9 Å². The summed E-state index contributed by atoms with van der Waals surface area (Å²) < 4.78 is 0.631. The van der Waals surface area contributed by atoms with Gasteiger partial charge < -0.3 is 0 Å². The van der Waals surface area contributed by atoms with E-state index < -0.39 is 5.97 Å². The SMILES string of the molecule is O=C(O)CCC([AsH2])[AsH2]. The summed E-state index contributed by atoms with van der Waals surface area (Å²) in [6.07, 6.45) is 1.18. The second kappa shape index (κ2) is 4.46. The van der Waals surface area contributed by atoms with Crippen LogP contribution in [0, 0.1) is 0 Å². The first-order chi connectivity index (χ1) is 3.63. The van der Waals surface area contributed by atoms with E-state index in [1.165, 1.54) is 0 Å². The van der Waals surface area contributed by atoms with Crippen LogP contribution in [0.5, 0.6) is 0 Å². The summed E-state index contributed by atoms with van der Waals surface area (Å²) in [6.45, 7) is 0. The van der Waals surface area contributed by atoms with Gasteiger partial charge in [-0.1, -0.05) is 0 Å². The average molecular weight is 240 g/mol. The van der Waals surface area contributed by atoms with E-state index in [0.29, 0.717) is 9.91 Å². The molecule has 48 valence electrons. The van der Waals surface area contributed by atoms with Crippen molar-refractivity contribution < 1.29 is 9.90 Å². The van der Waals surface area contributed by atoms with Gasteiger partial charge in [-0.3, -0.25) is 0 Å². The van der Waals surface area contributed by atoms with E-state index in [1.807, 2.05) is 0 Å². The first-order valence-corrected chi connectivity index (χ1v) is 5.15. The third-order valence-corrected chi connectivity index (χ3v) is 2.09. The molecule has 2 atom stereocenters. The van der Waals surface area contributed by atoms with E-state index in [2.05, 4.69) is 0 Å². The van der Waals surface area contributed by atoms with E-state index in [1.54, 1.807) is 33.7 Å². The fourth-order valence-corrected chi connectivity index (χ4v) is 0.990. The second-order valence-corrected chi connectivity index (χ2v) is 8.58. The van der Waals surface area contributed by atoms with Crippen molar-refractivity contribution in [2.75, 3.05) is 0 Å². The summed E-state index contributed by atoms with van der Waals surface area (Å²) in [5.41, 5.74) is 0. The molecule has 0 aromatic carbocycles. The molecule has 0 heterocycles. The number of hydrogen-bond acceptors (Lipinski definition) is 1. The van der Waals surface area contributed by atoms with E-state index in [0.717, 1.165) is 6.42 Å². The van der Waals surface area contributed by atoms with Crippen molar-refractivity contribution in [2.24, 2.45) is 0 Å². The number of carboxylic acids is 1. The predicted molar refractivity (Wildman–Crippen MR) is 37.7 cm³/mol. The number of aliphatic carboxylic acids is 1. The Balaban J connectivity index is 3.05. The standard InChI is InChI=1S/C4H10As2O2/c5-3(6)1-2-4(7)8/h3H,1-2,5-6H2,(H,7,8). The number of rotatable bonds is 3. The maximum absolute atomic E-state index is 9.92. The molecule has 0 spiro atoms. The zero-order valence-electron chi connectivity index (χ0n) is 4.50. The van der Waals surface area contributed by atoms with Crippen LogP contribution in [0.2, 0.25) is 3.49 Å².